The second-order valence-corrected chi connectivity index (χ2v) is 7.40. The first-order chi connectivity index (χ1) is 12.1. The topological polar surface area (TPSA) is 112 Å². The maximum atomic E-state index is 5.79. The molecule has 1 aliphatic carbocycles. The molecule has 0 radical (unpaired) electrons. The first-order valence-electron chi connectivity index (χ1n) is 8.61. The smallest absolute Gasteiger partial charge is 0.190 e. The minimum atomic E-state index is 0.179. The van der Waals surface area contributed by atoms with Crippen molar-refractivity contribution in [3.05, 3.63) is 42.1 Å². The molecule has 25 heavy (non-hydrogen) atoms. The number of nitrogens with zero attached hydrogens (tertiary/aromatic N) is 1. The molecule has 0 aliphatic heterocycles. The van der Waals surface area contributed by atoms with E-state index in [4.69, 9.17) is 21.9 Å². The summed E-state index contributed by atoms with van der Waals surface area (Å²) in [7, 11) is 0. The van der Waals surface area contributed by atoms with Crippen LogP contribution in [0.1, 0.15) is 32.1 Å². The molecule has 0 unspecified atom stereocenters. The molecule has 1 saturated carbocycles. The van der Waals surface area contributed by atoms with Gasteiger partial charge in [0, 0.05) is 18.7 Å². The molecular weight excluding hydrogens is 334 g/mol. The normalized spacial score (nSPS) is 15.9. The monoisotopic (exact) mass is 359 g/mol. The van der Waals surface area contributed by atoms with Gasteiger partial charge >= 0.3 is 0 Å². The van der Waals surface area contributed by atoms with E-state index in [9.17, 15) is 0 Å². The number of ether oxygens (including phenoxy) is 1. The van der Waals surface area contributed by atoms with Gasteiger partial charge < -0.3 is 27.3 Å². The molecule has 1 fully saturated rings. The maximum absolute atomic E-state index is 5.79. The number of hydrogen-bond donors (Lipinski definition) is 4. The number of allylic oxidation sites excluding steroid dienone is 2. The Hall–Kier alpha value is -2.41. The Labute approximate surface area is 151 Å². The van der Waals surface area contributed by atoms with Crippen molar-refractivity contribution in [3.8, 4) is 5.75 Å². The number of thiazole rings is 1. The number of hydrogen-bond acceptors (Lipinski definition) is 7. The van der Waals surface area contributed by atoms with Crippen LogP contribution in [0, 0.1) is 5.92 Å². The minimum absolute atomic E-state index is 0.179. The Morgan fingerprint density at radius 1 is 1.20 bits per heavy atom. The SMILES string of the molecule is NC(N)=C/C=C(\N)Oc1ccc2nc(NCC3CCCCC3)sc2c1. The number of benzene rings is 1. The van der Waals surface area contributed by atoms with Gasteiger partial charge in [-0.25, -0.2) is 4.98 Å². The lowest BCUT2D eigenvalue weighted by atomic mass is 9.89. The van der Waals surface area contributed by atoms with Crippen LogP contribution in [0.5, 0.6) is 5.75 Å². The van der Waals surface area contributed by atoms with Gasteiger partial charge in [-0.1, -0.05) is 30.6 Å². The second-order valence-electron chi connectivity index (χ2n) is 6.37. The van der Waals surface area contributed by atoms with Crippen molar-refractivity contribution in [2.75, 3.05) is 11.9 Å². The van der Waals surface area contributed by atoms with Crippen LogP contribution in [0.25, 0.3) is 10.2 Å². The van der Waals surface area contributed by atoms with Crippen LogP contribution in [0.4, 0.5) is 5.13 Å². The summed E-state index contributed by atoms with van der Waals surface area (Å²) < 4.78 is 6.64. The van der Waals surface area contributed by atoms with Crippen LogP contribution in [0.3, 0.4) is 0 Å². The fourth-order valence-corrected chi connectivity index (χ4v) is 3.92. The molecule has 134 valence electrons. The van der Waals surface area contributed by atoms with E-state index in [1.54, 1.807) is 11.3 Å². The fraction of sp³-hybridized carbons (Fsp3) is 0.389. The van der Waals surface area contributed by atoms with E-state index in [1.165, 1.54) is 44.3 Å². The predicted octanol–water partition coefficient (Wildman–Crippen LogP) is 3.23. The zero-order valence-corrected chi connectivity index (χ0v) is 15.0. The first-order valence-corrected chi connectivity index (χ1v) is 9.42. The number of nitrogens with one attached hydrogen (secondary N) is 1. The highest BCUT2D eigenvalue weighted by Crippen LogP contribution is 2.30. The number of rotatable bonds is 6. The Morgan fingerprint density at radius 3 is 2.76 bits per heavy atom. The van der Waals surface area contributed by atoms with E-state index < -0.39 is 0 Å². The zero-order chi connectivity index (χ0) is 17.6. The van der Waals surface area contributed by atoms with Gasteiger partial charge in [-0.3, -0.25) is 0 Å². The quantitative estimate of drug-likeness (QED) is 0.465. The van der Waals surface area contributed by atoms with Gasteiger partial charge in [-0.15, -0.1) is 0 Å². The van der Waals surface area contributed by atoms with Crippen molar-refractivity contribution in [1.82, 2.24) is 4.98 Å². The molecule has 6 nitrogen and oxygen atoms in total. The van der Waals surface area contributed by atoms with Gasteiger partial charge in [0.15, 0.2) is 11.0 Å². The highest BCUT2D eigenvalue weighted by Gasteiger charge is 2.14. The summed E-state index contributed by atoms with van der Waals surface area (Å²) in [4.78, 5) is 4.64. The molecule has 1 aromatic heterocycles. The lowest BCUT2D eigenvalue weighted by Crippen LogP contribution is -2.16. The van der Waals surface area contributed by atoms with E-state index in [0.717, 1.165) is 27.8 Å². The molecule has 3 rings (SSSR count). The number of fused-ring (bicyclic) bond motifs is 1. The Kier molecular flexibility index (Phi) is 5.65. The summed E-state index contributed by atoms with van der Waals surface area (Å²) in [6.45, 7) is 1.01. The highest BCUT2D eigenvalue weighted by molar-refractivity contribution is 7.22. The van der Waals surface area contributed by atoms with Gasteiger partial charge in [0.1, 0.15) is 5.75 Å². The molecule has 0 atom stereocenters. The van der Waals surface area contributed by atoms with E-state index in [-0.39, 0.29) is 11.7 Å². The molecular formula is C18H25N5OS. The summed E-state index contributed by atoms with van der Waals surface area (Å²) in [5, 5.41) is 4.45. The number of aromatic nitrogens is 1. The molecule has 2 aromatic rings. The van der Waals surface area contributed by atoms with Crippen molar-refractivity contribution in [2.45, 2.75) is 32.1 Å². The van der Waals surface area contributed by atoms with Crippen LogP contribution < -0.4 is 27.3 Å². The van der Waals surface area contributed by atoms with Gasteiger partial charge in [0.25, 0.3) is 0 Å². The standard InChI is InChI=1S/C18H25N5OS/c19-16(20)8-9-17(21)24-13-6-7-14-15(10-13)25-18(23-14)22-11-12-4-2-1-3-5-12/h6-10,12H,1-5,11,19-21H2,(H,22,23)/b17-9+. The summed E-state index contributed by atoms with van der Waals surface area (Å²) in [5.41, 5.74) is 17.5. The largest absolute Gasteiger partial charge is 0.442 e. The van der Waals surface area contributed by atoms with Crippen molar-refractivity contribution in [2.24, 2.45) is 23.1 Å². The van der Waals surface area contributed by atoms with Crippen molar-refractivity contribution in [3.63, 3.8) is 0 Å². The average Bonchev–Trinajstić information content (AvgIpc) is 3.01. The fourth-order valence-electron chi connectivity index (χ4n) is 3.02. The van der Waals surface area contributed by atoms with E-state index >= 15 is 0 Å². The molecule has 0 spiro atoms. The average molecular weight is 359 g/mol. The Morgan fingerprint density at radius 2 is 2.00 bits per heavy atom. The van der Waals surface area contributed by atoms with Crippen LogP contribution in [-0.4, -0.2) is 11.5 Å². The molecule has 1 aliphatic rings. The summed E-state index contributed by atoms with van der Waals surface area (Å²) in [6, 6.07) is 5.73. The summed E-state index contributed by atoms with van der Waals surface area (Å²) >= 11 is 1.63. The van der Waals surface area contributed by atoms with Crippen molar-refractivity contribution in [1.29, 1.82) is 0 Å². The molecule has 0 amide bonds. The Balaban J connectivity index is 1.64. The third kappa shape index (κ3) is 5.03. The molecule has 7 N–H and O–H groups in total. The van der Waals surface area contributed by atoms with Crippen LogP contribution >= 0.6 is 11.3 Å². The summed E-state index contributed by atoms with van der Waals surface area (Å²) in [5.74, 6) is 1.84. The van der Waals surface area contributed by atoms with Gasteiger partial charge in [0.2, 0.25) is 0 Å². The molecule has 0 saturated heterocycles. The molecule has 1 heterocycles. The lowest BCUT2D eigenvalue weighted by Gasteiger charge is -2.21. The van der Waals surface area contributed by atoms with E-state index in [0.29, 0.717) is 5.75 Å². The van der Waals surface area contributed by atoms with Gasteiger partial charge in [-0.05, 0) is 37.0 Å². The molecule has 1 aromatic carbocycles. The summed E-state index contributed by atoms with van der Waals surface area (Å²) in [6.07, 6.45) is 9.76. The second kappa shape index (κ2) is 8.11. The zero-order valence-electron chi connectivity index (χ0n) is 14.2. The predicted molar refractivity (Wildman–Crippen MR) is 104 cm³/mol. The van der Waals surface area contributed by atoms with Crippen molar-refractivity contribution >= 4 is 26.7 Å². The third-order valence-electron chi connectivity index (χ3n) is 4.30. The number of anilines is 1. The highest BCUT2D eigenvalue weighted by atomic mass is 32.1. The minimum Gasteiger partial charge on any atom is -0.442 e. The third-order valence-corrected chi connectivity index (χ3v) is 5.28. The molecule has 7 heteroatoms. The Bertz CT molecular complexity index is 773. The lowest BCUT2D eigenvalue weighted by molar-refractivity contribution is 0.373. The van der Waals surface area contributed by atoms with E-state index in [2.05, 4.69) is 10.3 Å². The van der Waals surface area contributed by atoms with Crippen molar-refractivity contribution < 1.29 is 4.74 Å². The first kappa shape index (κ1) is 17.4. The van der Waals surface area contributed by atoms with Crippen LogP contribution in [-0.2, 0) is 0 Å². The van der Waals surface area contributed by atoms with Crippen LogP contribution in [0.2, 0.25) is 0 Å². The number of nitrogens with two attached hydrogens (primary N) is 3. The van der Waals surface area contributed by atoms with E-state index in [1.807, 2.05) is 18.2 Å². The van der Waals surface area contributed by atoms with Crippen LogP contribution in [0.15, 0.2) is 42.1 Å². The van der Waals surface area contributed by atoms with Gasteiger partial charge in [-0.2, -0.15) is 0 Å². The maximum Gasteiger partial charge on any atom is 0.190 e. The van der Waals surface area contributed by atoms with Gasteiger partial charge in [0.05, 0.1) is 16.0 Å². The molecule has 0 bridgehead atoms.